The Morgan fingerprint density at radius 1 is 0.857 bits per heavy atom. The first kappa shape index (κ1) is 13.9. The zero-order valence-corrected chi connectivity index (χ0v) is 13.6. The van der Waals surface area contributed by atoms with Crippen LogP contribution in [0.5, 0.6) is 0 Å². The first-order chi connectivity index (χ1) is 9.89. The normalized spacial score (nSPS) is 12.0. The molecule has 0 unspecified atom stereocenters. The van der Waals surface area contributed by atoms with E-state index in [1.54, 1.807) is 0 Å². The summed E-state index contributed by atoms with van der Waals surface area (Å²) in [5, 5.41) is 1.37. The van der Waals surface area contributed by atoms with Crippen molar-refractivity contribution in [3.8, 4) is 5.69 Å². The predicted octanol–water partition coefficient (Wildman–Crippen LogP) is 5.54. The van der Waals surface area contributed by atoms with Crippen LogP contribution in [0.25, 0.3) is 16.6 Å². The van der Waals surface area contributed by atoms with Gasteiger partial charge >= 0.3 is 0 Å². The summed E-state index contributed by atoms with van der Waals surface area (Å²) >= 11 is 0. The van der Waals surface area contributed by atoms with Crippen LogP contribution in [-0.4, -0.2) is 4.57 Å². The molecule has 2 aromatic carbocycles. The summed E-state index contributed by atoms with van der Waals surface area (Å²) in [4.78, 5) is 0. The summed E-state index contributed by atoms with van der Waals surface area (Å²) in [5.41, 5.74) is 6.83. The van der Waals surface area contributed by atoms with Gasteiger partial charge in [0.05, 0.1) is 5.52 Å². The third kappa shape index (κ3) is 2.27. The van der Waals surface area contributed by atoms with Gasteiger partial charge in [0.2, 0.25) is 0 Å². The van der Waals surface area contributed by atoms with Crippen LogP contribution >= 0.6 is 0 Å². The van der Waals surface area contributed by atoms with E-state index in [-0.39, 0.29) is 5.41 Å². The van der Waals surface area contributed by atoms with E-state index in [0.717, 1.165) is 0 Å². The van der Waals surface area contributed by atoms with E-state index in [2.05, 4.69) is 87.8 Å². The van der Waals surface area contributed by atoms with Crippen molar-refractivity contribution in [2.24, 2.45) is 0 Å². The molecule has 1 heterocycles. The van der Waals surface area contributed by atoms with Crippen molar-refractivity contribution >= 4 is 10.9 Å². The number of aryl methyl sites for hydroxylation is 2. The van der Waals surface area contributed by atoms with E-state index < -0.39 is 0 Å². The first-order valence-corrected chi connectivity index (χ1v) is 7.57. The van der Waals surface area contributed by atoms with Crippen LogP contribution in [0.4, 0.5) is 0 Å². The molecule has 0 amide bonds. The largest absolute Gasteiger partial charge is 0.316 e. The van der Waals surface area contributed by atoms with Gasteiger partial charge in [-0.2, -0.15) is 0 Å². The Morgan fingerprint density at radius 2 is 1.52 bits per heavy atom. The number of para-hydroxylation sites is 1. The van der Waals surface area contributed by atoms with Gasteiger partial charge in [0, 0.05) is 17.3 Å². The molecule has 0 radical (unpaired) electrons. The van der Waals surface area contributed by atoms with Gasteiger partial charge in [-0.15, -0.1) is 0 Å². The van der Waals surface area contributed by atoms with Gasteiger partial charge in [0.25, 0.3) is 0 Å². The van der Waals surface area contributed by atoms with Crippen LogP contribution in [0.3, 0.4) is 0 Å². The zero-order chi connectivity index (χ0) is 15.2. The monoisotopic (exact) mass is 277 g/mol. The molecule has 0 spiro atoms. The maximum atomic E-state index is 2.35. The number of nitrogens with zero attached hydrogens (tertiary/aromatic N) is 1. The molecule has 108 valence electrons. The smallest absolute Gasteiger partial charge is 0.0563 e. The van der Waals surface area contributed by atoms with E-state index >= 15 is 0 Å². The highest BCUT2D eigenvalue weighted by Gasteiger charge is 2.21. The molecule has 3 aromatic rings. The standard InChI is InChI=1S/C20H23N/c1-14-11-12-17-18(20(3,4)5)13-21(19(17)15(14)2)16-9-7-6-8-10-16/h6-13H,1-5H3. The molecule has 3 rings (SSSR count). The van der Waals surface area contributed by atoms with Crippen LogP contribution in [0.1, 0.15) is 37.5 Å². The fraction of sp³-hybridized carbons (Fsp3) is 0.300. The lowest BCUT2D eigenvalue weighted by molar-refractivity contribution is 0.594. The highest BCUT2D eigenvalue weighted by atomic mass is 15.0. The van der Waals surface area contributed by atoms with Gasteiger partial charge in [-0.3, -0.25) is 0 Å². The summed E-state index contributed by atoms with van der Waals surface area (Å²) < 4.78 is 2.35. The van der Waals surface area contributed by atoms with Crippen LogP contribution in [0, 0.1) is 13.8 Å². The van der Waals surface area contributed by atoms with Crippen molar-refractivity contribution in [3.05, 3.63) is 65.4 Å². The van der Waals surface area contributed by atoms with E-state index in [4.69, 9.17) is 0 Å². The Hall–Kier alpha value is -2.02. The third-order valence-electron chi connectivity index (χ3n) is 4.33. The molecule has 0 aliphatic heterocycles. The number of benzene rings is 2. The molecule has 0 atom stereocenters. The maximum absolute atomic E-state index is 2.35. The Bertz CT molecular complexity index is 786. The molecule has 21 heavy (non-hydrogen) atoms. The number of hydrogen-bond donors (Lipinski definition) is 0. The van der Waals surface area contributed by atoms with Crippen molar-refractivity contribution in [3.63, 3.8) is 0 Å². The molecular formula is C20H23N. The van der Waals surface area contributed by atoms with Gasteiger partial charge in [0.1, 0.15) is 0 Å². The molecule has 0 bridgehead atoms. The Balaban J connectivity index is 2.42. The third-order valence-corrected chi connectivity index (χ3v) is 4.33. The molecule has 0 aliphatic carbocycles. The van der Waals surface area contributed by atoms with Crippen molar-refractivity contribution < 1.29 is 0 Å². The van der Waals surface area contributed by atoms with Crippen molar-refractivity contribution in [1.29, 1.82) is 0 Å². The molecule has 0 aliphatic rings. The second-order valence-electron chi connectivity index (χ2n) is 6.90. The molecule has 0 saturated heterocycles. The molecule has 1 aromatic heterocycles. The van der Waals surface area contributed by atoms with Gasteiger partial charge in [-0.05, 0) is 48.1 Å². The highest BCUT2D eigenvalue weighted by Crippen LogP contribution is 2.35. The number of fused-ring (bicyclic) bond motifs is 1. The van der Waals surface area contributed by atoms with Crippen LogP contribution in [0.2, 0.25) is 0 Å². The summed E-state index contributed by atoms with van der Waals surface area (Å²) in [6, 6.07) is 15.1. The predicted molar refractivity (Wildman–Crippen MR) is 91.4 cm³/mol. The molecule has 1 nitrogen and oxygen atoms in total. The van der Waals surface area contributed by atoms with Crippen molar-refractivity contribution in [1.82, 2.24) is 4.57 Å². The number of aromatic nitrogens is 1. The zero-order valence-electron chi connectivity index (χ0n) is 13.6. The number of rotatable bonds is 1. The van der Waals surface area contributed by atoms with Gasteiger partial charge in [-0.25, -0.2) is 0 Å². The van der Waals surface area contributed by atoms with Crippen LogP contribution in [-0.2, 0) is 5.41 Å². The molecule has 0 fully saturated rings. The van der Waals surface area contributed by atoms with Crippen LogP contribution < -0.4 is 0 Å². The molecule has 1 heteroatoms. The summed E-state index contributed by atoms with van der Waals surface area (Å²) in [5.74, 6) is 0. The SMILES string of the molecule is Cc1ccc2c(C(C)(C)C)cn(-c3ccccc3)c2c1C. The summed E-state index contributed by atoms with van der Waals surface area (Å²) in [6.45, 7) is 11.3. The van der Waals surface area contributed by atoms with E-state index in [1.165, 1.54) is 33.3 Å². The molecule has 0 saturated carbocycles. The second kappa shape index (κ2) is 4.77. The fourth-order valence-corrected chi connectivity index (χ4v) is 2.98. The lowest BCUT2D eigenvalue weighted by atomic mass is 9.86. The van der Waals surface area contributed by atoms with Crippen LogP contribution in [0.15, 0.2) is 48.7 Å². The summed E-state index contributed by atoms with van der Waals surface area (Å²) in [7, 11) is 0. The molecule has 0 N–H and O–H groups in total. The average Bonchev–Trinajstić information content (AvgIpc) is 2.84. The Kier molecular flexibility index (Phi) is 3.16. The van der Waals surface area contributed by atoms with E-state index in [9.17, 15) is 0 Å². The van der Waals surface area contributed by atoms with Gasteiger partial charge < -0.3 is 4.57 Å². The fourth-order valence-electron chi connectivity index (χ4n) is 2.98. The highest BCUT2D eigenvalue weighted by molar-refractivity contribution is 5.90. The van der Waals surface area contributed by atoms with Gasteiger partial charge in [-0.1, -0.05) is 51.1 Å². The van der Waals surface area contributed by atoms with Gasteiger partial charge in [0.15, 0.2) is 0 Å². The van der Waals surface area contributed by atoms with Crippen molar-refractivity contribution in [2.45, 2.75) is 40.0 Å². The second-order valence-corrected chi connectivity index (χ2v) is 6.90. The quantitative estimate of drug-likeness (QED) is 0.550. The Labute approximate surface area is 127 Å². The van der Waals surface area contributed by atoms with Crippen molar-refractivity contribution in [2.75, 3.05) is 0 Å². The lowest BCUT2D eigenvalue weighted by Crippen LogP contribution is -2.10. The Morgan fingerprint density at radius 3 is 2.14 bits per heavy atom. The molecular weight excluding hydrogens is 254 g/mol. The maximum Gasteiger partial charge on any atom is 0.0563 e. The lowest BCUT2D eigenvalue weighted by Gasteiger charge is -2.17. The average molecular weight is 277 g/mol. The summed E-state index contributed by atoms with van der Waals surface area (Å²) in [6.07, 6.45) is 2.31. The minimum atomic E-state index is 0.139. The first-order valence-electron chi connectivity index (χ1n) is 7.57. The van der Waals surface area contributed by atoms with E-state index in [1.807, 2.05) is 0 Å². The minimum Gasteiger partial charge on any atom is -0.316 e. The topological polar surface area (TPSA) is 4.93 Å². The number of hydrogen-bond acceptors (Lipinski definition) is 0. The van der Waals surface area contributed by atoms with E-state index in [0.29, 0.717) is 0 Å². The minimum absolute atomic E-state index is 0.139.